The van der Waals surface area contributed by atoms with Crippen molar-refractivity contribution in [1.29, 1.82) is 0 Å². The fraction of sp³-hybridized carbons (Fsp3) is 0.147. The minimum atomic E-state index is -2.10. The monoisotopic (exact) mass is 810 g/mol. The van der Waals surface area contributed by atoms with Gasteiger partial charge in [0.15, 0.2) is 6.35 Å². The fourth-order valence-corrected chi connectivity index (χ4v) is 8.60. The first-order valence-corrected chi connectivity index (χ1v) is 17.2. The SMILES string of the molecule is CNC([S-])=NN=C(C(C)=NN=C([S-])NCCOC[P+](c1ccccc1)(c1ccccc1)c1ccccc1)c1ccc(C(N)=O)cc1.[Br-].[Cu+2]. The Kier molecular flexibility index (Phi) is 17.6. The second kappa shape index (κ2) is 20.7. The van der Waals surface area contributed by atoms with Gasteiger partial charge in [-0.05, 0) is 65.8 Å². The number of ether oxygens (including phenoxy) is 1. The van der Waals surface area contributed by atoms with E-state index in [1.54, 1.807) is 38.2 Å². The first-order chi connectivity index (χ1) is 22.3. The average Bonchev–Trinajstić information content (AvgIpc) is 3.10. The maximum absolute atomic E-state index is 11.5. The van der Waals surface area contributed by atoms with Gasteiger partial charge in [0.1, 0.15) is 28.9 Å². The Balaban J connectivity index is 0.00000400. The van der Waals surface area contributed by atoms with Gasteiger partial charge in [-0.3, -0.25) is 4.79 Å². The van der Waals surface area contributed by atoms with E-state index in [1.807, 2.05) is 18.2 Å². The van der Waals surface area contributed by atoms with Crippen molar-refractivity contribution >= 4 is 76.1 Å². The van der Waals surface area contributed by atoms with E-state index in [0.29, 0.717) is 42.0 Å². The molecule has 0 aromatic heterocycles. The van der Waals surface area contributed by atoms with E-state index in [1.165, 1.54) is 15.9 Å². The number of carbonyl (C=O) groups excluding carboxylic acids is 1. The number of hydrogen-bond acceptors (Lipinski definition) is 8. The first kappa shape index (κ1) is 40.6. The molecule has 4 N–H and O–H groups in total. The number of amides is 1. The van der Waals surface area contributed by atoms with Crippen LogP contribution in [0.25, 0.3) is 0 Å². The van der Waals surface area contributed by atoms with Crippen LogP contribution in [0, 0.1) is 0 Å². The van der Waals surface area contributed by atoms with Crippen LogP contribution in [-0.4, -0.2) is 54.2 Å². The summed E-state index contributed by atoms with van der Waals surface area (Å²) < 4.78 is 6.39. The number of nitrogens with one attached hydrogen (secondary N) is 2. The van der Waals surface area contributed by atoms with Crippen LogP contribution < -0.4 is 49.3 Å². The Morgan fingerprint density at radius 2 is 1.19 bits per heavy atom. The summed E-state index contributed by atoms with van der Waals surface area (Å²) in [5, 5.41) is 26.7. The Morgan fingerprint density at radius 3 is 1.65 bits per heavy atom. The van der Waals surface area contributed by atoms with Gasteiger partial charge in [-0.25, -0.2) is 0 Å². The summed E-state index contributed by atoms with van der Waals surface area (Å²) >= 11 is 10.5. The molecule has 14 heteroatoms. The summed E-state index contributed by atoms with van der Waals surface area (Å²) in [5.74, 6) is -0.528. The van der Waals surface area contributed by atoms with Crippen molar-refractivity contribution in [3.05, 3.63) is 126 Å². The van der Waals surface area contributed by atoms with Crippen LogP contribution in [0.15, 0.2) is 136 Å². The number of benzene rings is 4. The molecule has 0 spiro atoms. The second-order valence-corrected chi connectivity index (χ2v) is 14.1. The first-order valence-electron chi connectivity index (χ1n) is 14.4. The topological polar surface area (TPSA) is 126 Å². The average molecular weight is 812 g/mol. The Morgan fingerprint density at radius 1 is 0.729 bits per heavy atom. The van der Waals surface area contributed by atoms with Crippen molar-refractivity contribution in [3.8, 4) is 0 Å². The van der Waals surface area contributed by atoms with Gasteiger partial charge in [-0.15, -0.1) is 5.10 Å². The molecule has 0 aliphatic rings. The minimum Gasteiger partial charge on any atom is -1.00 e. The van der Waals surface area contributed by atoms with Gasteiger partial charge in [-0.1, -0.05) is 66.7 Å². The van der Waals surface area contributed by atoms with Crippen molar-refractivity contribution in [2.75, 3.05) is 26.5 Å². The molecule has 4 aromatic carbocycles. The summed E-state index contributed by atoms with van der Waals surface area (Å²) in [7, 11) is -0.446. The number of primary amides is 1. The summed E-state index contributed by atoms with van der Waals surface area (Å²) in [6.07, 6.45) is 0.528. The van der Waals surface area contributed by atoms with Crippen LogP contribution >= 0.6 is 7.26 Å². The van der Waals surface area contributed by atoms with Crippen LogP contribution in [0.4, 0.5) is 0 Å². The predicted octanol–water partition coefficient (Wildman–Crippen LogP) is 0.450. The maximum atomic E-state index is 11.5. The van der Waals surface area contributed by atoms with Crippen LogP contribution in [-0.2, 0) is 47.1 Å². The molecule has 4 aromatic rings. The molecule has 0 heterocycles. The Labute approximate surface area is 314 Å². The molecule has 0 aliphatic heterocycles. The molecule has 1 radical (unpaired) electrons. The van der Waals surface area contributed by atoms with E-state index in [0.717, 1.165) is 0 Å². The van der Waals surface area contributed by atoms with Gasteiger partial charge in [0.2, 0.25) is 5.91 Å². The van der Waals surface area contributed by atoms with Crippen molar-refractivity contribution < 1.29 is 43.6 Å². The molecule has 9 nitrogen and oxygen atoms in total. The zero-order valence-corrected chi connectivity index (χ0v) is 31.3. The van der Waals surface area contributed by atoms with Gasteiger partial charge >= 0.3 is 17.1 Å². The molecule has 0 saturated carbocycles. The number of halogens is 1. The molecule has 1 amide bonds. The maximum Gasteiger partial charge on any atom is 2.00 e. The molecule has 0 atom stereocenters. The van der Waals surface area contributed by atoms with Gasteiger partial charge in [0.25, 0.3) is 0 Å². The summed E-state index contributed by atoms with van der Waals surface area (Å²) in [4.78, 5) is 11.5. The summed E-state index contributed by atoms with van der Waals surface area (Å²) in [5.41, 5.74) is 7.25. The smallest absolute Gasteiger partial charge is 1.00 e. The number of nitrogens with two attached hydrogens (primary N) is 1. The molecule has 253 valence electrons. The fourth-order valence-electron chi connectivity index (χ4n) is 4.63. The second-order valence-electron chi connectivity index (χ2n) is 9.92. The third kappa shape index (κ3) is 11.0. The van der Waals surface area contributed by atoms with E-state index in [9.17, 15) is 4.79 Å². The molecular formula is C34H35BrCuN7O2PS2. The molecule has 0 fully saturated rings. The molecule has 0 saturated heterocycles. The van der Waals surface area contributed by atoms with E-state index in [-0.39, 0.29) is 44.4 Å². The third-order valence-corrected chi connectivity index (χ3v) is 11.6. The normalized spacial score (nSPS) is 12.4. The van der Waals surface area contributed by atoms with Gasteiger partial charge < -0.3 is 63.3 Å². The number of amidine groups is 2. The van der Waals surface area contributed by atoms with Crippen molar-refractivity contribution in [2.45, 2.75) is 6.92 Å². The molecule has 0 aliphatic carbocycles. The zero-order chi connectivity index (χ0) is 32.8. The molecule has 0 unspecified atom stereocenters. The molecule has 4 rings (SSSR count). The van der Waals surface area contributed by atoms with E-state index < -0.39 is 13.2 Å². The quantitative estimate of drug-likeness (QED) is 0.0343. The van der Waals surface area contributed by atoms with Crippen LogP contribution in [0.1, 0.15) is 22.8 Å². The third-order valence-electron chi connectivity index (χ3n) is 6.93. The van der Waals surface area contributed by atoms with Crippen molar-refractivity contribution in [1.82, 2.24) is 10.6 Å². The van der Waals surface area contributed by atoms with Crippen LogP contribution in [0.3, 0.4) is 0 Å². The standard InChI is InChI=1S/C34H36N7O2PS2.BrH.Cu/c1-25(31(39-40-33(45)36-2)26-18-20-27(21-19-26)32(35)42)38-41-34(46)37-22-23-43-24-44(28-12-6-3-7-13-28,29-14-8-4-9-15-29)30-16-10-5-11-17-30;;/h3-21H,22-24H2,1-2H3,(H5-,35,36,37,38,39,40,41,42,45,46);1H;/q;;+2/p-2. The Hall–Kier alpha value is -3.54. The Bertz CT molecular complexity index is 1620. The minimum absolute atomic E-state index is 0. The number of rotatable bonds is 13. The van der Waals surface area contributed by atoms with Gasteiger partial charge in [0.05, 0.1) is 12.3 Å². The number of nitrogens with zero attached hydrogens (tertiary/aromatic N) is 4. The van der Waals surface area contributed by atoms with Crippen LogP contribution in [0.5, 0.6) is 0 Å². The van der Waals surface area contributed by atoms with Crippen molar-refractivity contribution in [3.63, 3.8) is 0 Å². The number of carbonyl (C=O) groups is 1. The largest absolute Gasteiger partial charge is 2.00 e. The van der Waals surface area contributed by atoms with Gasteiger partial charge in [-0.2, -0.15) is 15.3 Å². The molecule has 48 heavy (non-hydrogen) atoms. The molecular weight excluding hydrogens is 777 g/mol. The van der Waals surface area contributed by atoms with E-state index in [4.69, 9.17) is 35.7 Å². The molecule has 0 bridgehead atoms. The van der Waals surface area contributed by atoms with E-state index >= 15 is 0 Å². The van der Waals surface area contributed by atoms with Crippen molar-refractivity contribution in [2.24, 2.45) is 26.1 Å². The van der Waals surface area contributed by atoms with Crippen LogP contribution in [0.2, 0.25) is 0 Å². The summed E-state index contributed by atoms with van der Waals surface area (Å²) in [6.45, 7) is 2.58. The predicted molar refractivity (Wildman–Crippen MR) is 197 cm³/mol. The zero-order valence-electron chi connectivity index (χ0n) is 26.2. The summed E-state index contributed by atoms with van der Waals surface area (Å²) in [6, 6.07) is 38.3. The number of hydrogen-bond donors (Lipinski definition) is 3. The van der Waals surface area contributed by atoms with Gasteiger partial charge in [0, 0.05) is 24.7 Å². The van der Waals surface area contributed by atoms with E-state index in [2.05, 4.69) is 104 Å².